The minimum atomic E-state index is -0.385. The van der Waals surface area contributed by atoms with Crippen molar-refractivity contribution in [3.05, 3.63) is 6.33 Å². The van der Waals surface area contributed by atoms with Crippen LogP contribution in [0.25, 0.3) is 0 Å². The molecule has 100 valence electrons. The molecule has 1 N–H and O–H groups in total. The topological polar surface area (TPSA) is 66.5 Å². The first-order chi connectivity index (χ1) is 8.61. The van der Waals surface area contributed by atoms with Gasteiger partial charge in [0.15, 0.2) is 5.16 Å². The Morgan fingerprint density at radius 2 is 2.33 bits per heavy atom. The minimum absolute atomic E-state index is 0.385. The Morgan fingerprint density at radius 1 is 1.56 bits per heavy atom. The molecular weight excluding hydrogens is 246 g/mol. The van der Waals surface area contributed by atoms with Crippen molar-refractivity contribution in [3.8, 4) is 6.07 Å². The van der Waals surface area contributed by atoms with Gasteiger partial charge in [0.05, 0.1) is 6.07 Å². The minimum Gasteiger partial charge on any atom is -0.312 e. The van der Waals surface area contributed by atoms with Gasteiger partial charge in [-0.2, -0.15) is 5.26 Å². The van der Waals surface area contributed by atoms with E-state index in [0.717, 1.165) is 36.7 Å². The van der Waals surface area contributed by atoms with Crippen molar-refractivity contribution in [2.75, 3.05) is 12.3 Å². The summed E-state index contributed by atoms with van der Waals surface area (Å²) in [7, 11) is 1.94. The van der Waals surface area contributed by atoms with Gasteiger partial charge < -0.3 is 4.57 Å². The highest BCUT2D eigenvalue weighted by Gasteiger charge is 2.21. The molecule has 1 rings (SSSR count). The van der Waals surface area contributed by atoms with E-state index < -0.39 is 0 Å². The zero-order chi connectivity index (χ0) is 13.4. The highest BCUT2D eigenvalue weighted by atomic mass is 32.2. The molecule has 0 fully saturated rings. The predicted octanol–water partition coefficient (Wildman–Crippen LogP) is 1.97. The fourth-order valence-corrected chi connectivity index (χ4v) is 2.61. The van der Waals surface area contributed by atoms with Gasteiger partial charge in [0.2, 0.25) is 0 Å². The summed E-state index contributed by atoms with van der Waals surface area (Å²) in [5, 5.41) is 21.2. The summed E-state index contributed by atoms with van der Waals surface area (Å²) in [5.41, 5.74) is -0.385. The van der Waals surface area contributed by atoms with Crippen LogP contribution in [-0.2, 0) is 7.05 Å². The predicted molar refractivity (Wildman–Crippen MR) is 73.3 cm³/mol. The van der Waals surface area contributed by atoms with E-state index in [2.05, 4.69) is 21.6 Å². The molecule has 5 nitrogen and oxygen atoms in total. The van der Waals surface area contributed by atoms with Crippen molar-refractivity contribution in [1.29, 1.82) is 5.26 Å². The van der Waals surface area contributed by atoms with Crippen LogP contribution in [0.5, 0.6) is 0 Å². The molecule has 1 heterocycles. The monoisotopic (exact) mass is 267 g/mol. The van der Waals surface area contributed by atoms with Gasteiger partial charge in [-0.3, -0.25) is 5.32 Å². The molecule has 0 aliphatic rings. The number of hydrogen-bond donors (Lipinski definition) is 1. The lowest BCUT2D eigenvalue weighted by molar-refractivity contribution is 0.415. The summed E-state index contributed by atoms with van der Waals surface area (Å²) in [6.07, 6.45) is 4.72. The molecule has 0 bridgehead atoms. The maximum absolute atomic E-state index is 9.12. The number of nitriles is 1. The molecule has 1 aromatic rings. The van der Waals surface area contributed by atoms with Crippen molar-refractivity contribution in [1.82, 2.24) is 20.1 Å². The van der Waals surface area contributed by atoms with Crippen LogP contribution in [-0.4, -0.2) is 32.6 Å². The van der Waals surface area contributed by atoms with Gasteiger partial charge in [-0.1, -0.05) is 18.7 Å². The average Bonchev–Trinajstić information content (AvgIpc) is 2.75. The van der Waals surface area contributed by atoms with Crippen LogP contribution in [0.4, 0.5) is 0 Å². The maximum atomic E-state index is 9.12. The fraction of sp³-hybridized carbons (Fsp3) is 0.750. The second-order valence-electron chi connectivity index (χ2n) is 4.50. The summed E-state index contributed by atoms with van der Waals surface area (Å²) >= 11 is 1.71. The Balaban J connectivity index is 2.19. The van der Waals surface area contributed by atoms with E-state index in [9.17, 15) is 0 Å². The molecule has 1 atom stereocenters. The molecule has 0 amide bonds. The van der Waals surface area contributed by atoms with Gasteiger partial charge in [-0.05, 0) is 32.7 Å². The second-order valence-corrected chi connectivity index (χ2v) is 5.57. The van der Waals surface area contributed by atoms with Crippen LogP contribution in [0.2, 0.25) is 0 Å². The molecule has 1 unspecified atom stereocenters. The van der Waals surface area contributed by atoms with Crippen LogP contribution in [0, 0.1) is 11.3 Å². The molecule has 0 aliphatic carbocycles. The molecule has 18 heavy (non-hydrogen) atoms. The molecule has 1 aromatic heterocycles. The van der Waals surface area contributed by atoms with Crippen LogP contribution in [0.15, 0.2) is 11.5 Å². The third-order valence-electron chi connectivity index (χ3n) is 2.79. The maximum Gasteiger partial charge on any atom is 0.190 e. The first-order valence-corrected chi connectivity index (χ1v) is 7.23. The van der Waals surface area contributed by atoms with E-state index in [1.165, 1.54) is 0 Å². The normalized spacial score (nSPS) is 14.1. The summed E-state index contributed by atoms with van der Waals surface area (Å²) < 4.78 is 1.92. The summed E-state index contributed by atoms with van der Waals surface area (Å²) in [6.45, 7) is 4.82. The summed E-state index contributed by atoms with van der Waals surface area (Å²) in [5.74, 6) is 1.01. The zero-order valence-corrected chi connectivity index (χ0v) is 12.1. The Labute approximate surface area is 113 Å². The number of aromatic nitrogens is 3. The standard InChI is InChI=1S/C12H21N5S/c1-4-14-12(2,9-13)7-5-6-8-18-11-16-15-10-17(11)3/h10,14H,4-8H2,1-3H3. The molecule has 0 aromatic carbocycles. The second kappa shape index (κ2) is 7.39. The highest BCUT2D eigenvalue weighted by Crippen LogP contribution is 2.18. The largest absolute Gasteiger partial charge is 0.312 e. The van der Waals surface area contributed by atoms with Crippen LogP contribution in [0.3, 0.4) is 0 Å². The highest BCUT2D eigenvalue weighted by molar-refractivity contribution is 7.99. The molecule has 0 spiro atoms. The SMILES string of the molecule is CCNC(C)(C#N)CCCCSc1nncn1C. The average molecular weight is 267 g/mol. The Bertz CT molecular complexity index is 397. The third-order valence-corrected chi connectivity index (χ3v) is 3.91. The molecule has 0 saturated heterocycles. The number of aryl methyl sites for hydroxylation is 1. The van der Waals surface area contributed by atoms with Crippen molar-refractivity contribution in [2.45, 2.75) is 43.8 Å². The Hall–Kier alpha value is -1.06. The van der Waals surface area contributed by atoms with E-state index in [1.807, 2.05) is 25.5 Å². The van der Waals surface area contributed by atoms with Gasteiger partial charge in [0.25, 0.3) is 0 Å². The summed E-state index contributed by atoms with van der Waals surface area (Å²) in [4.78, 5) is 0. The Kier molecular flexibility index (Phi) is 6.16. The number of hydrogen-bond acceptors (Lipinski definition) is 5. The molecule has 0 radical (unpaired) electrons. The van der Waals surface area contributed by atoms with E-state index in [0.29, 0.717) is 0 Å². The van der Waals surface area contributed by atoms with Crippen molar-refractivity contribution in [2.24, 2.45) is 7.05 Å². The van der Waals surface area contributed by atoms with Crippen molar-refractivity contribution < 1.29 is 0 Å². The fourth-order valence-electron chi connectivity index (χ4n) is 1.72. The lowest BCUT2D eigenvalue weighted by Crippen LogP contribution is -2.40. The van der Waals surface area contributed by atoms with Gasteiger partial charge in [-0.15, -0.1) is 10.2 Å². The van der Waals surface area contributed by atoms with Gasteiger partial charge in [0, 0.05) is 12.8 Å². The number of rotatable bonds is 8. The van der Waals surface area contributed by atoms with E-state index in [-0.39, 0.29) is 5.54 Å². The molecular formula is C12H21N5S. The van der Waals surface area contributed by atoms with Gasteiger partial charge >= 0.3 is 0 Å². The zero-order valence-electron chi connectivity index (χ0n) is 11.3. The lowest BCUT2D eigenvalue weighted by atomic mass is 9.97. The van der Waals surface area contributed by atoms with Gasteiger partial charge in [-0.25, -0.2) is 0 Å². The van der Waals surface area contributed by atoms with Gasteiger partial charge in [0.1, 0.15) is 11.9 Å². The molecule has 0 saturated carbocycles. The smallest absolute Gasteiger partial charge is 0.190 e. The number of nitrogens with one attached hydrogen (secondary N) is 1. The number of thioether (sulfide) groups is 1. The number of nitrogens with zero attached hydrogens (tertiary/aromatic N) is 4. The quantitative estimate of drug-likeness (QED) is 0.576. The first kappa shape index (κ1) is 15.0. The molecule has 6 heteroatoms. The summed E-state index contributed by atoms with van der Waals surface area (Å²) in [6, 6.07) is 2.35. The number of unbranched alkanes of at least 4 members (excludes halogenated alkanes) is 1. The van der Waals surface area contributed by atoms with Crippen LogP contribution in [0.1, 0.15) is 33.1 Å². The van der Waals surface area contributed by atoms with Crippen molar-refractivity contribution in [3.63, 3.8) is 0 Å². The third kappa shape index (κ3) is 4.67. The van der Waals surface area contributed by atoms with Crippen molar-refractivity contribution >= 4 is 11.8 Å². The van der Waals surface area contributed by atoms with E-state index >= 15 is 0 Å². The van der Waals surface area contributed by atoms with Crippen LogP contribution >= 0.6 is 11.8 Å². The van der Waals surface area contributed by atoms with Crippen LogP contribution < -0.4 is 5.32 Å². The van der Waals surface area contributed by atoms with E-state index in [1.54, 1.807) is 18.1 Å². The Morgan fingerprint density at radius 3 is 2.89 bits per heavy atom. The lowest BCUT2D eigenvalue weighted by Gasteiger charge is -2.22. The molecule has 0 aliphatic heterocycles. The first-order valence-electron chi connectivity index (χ1n) is 6.24. The van der Waals surface area contributed by atoms with E-state index in [4.69, 9.17) is 5.26 Å².